The smallest absolute Gasteiger partial charge is 0.254 e. The molecule has 0 aliphatic rings. The number of anilines is 1. The molecule has 0 aliphatic heterocycles. The molecule has 0 fully saturated rings. The third kappa shape index (κ3) is 7.43. The number of hydrogen-bond acceptors (Lipinski definition) is 6. The number of aliphatic hydroxyl groups is 3. The number of hydrogen-bond donors (Lipinski definition) is 5. The lowest BCUT2D eigenvalue weighted by Crippen LogP contribution is -2.56. The van der Waals surface area contributed by atoms with Crippen molar-refractivity contribution in [3.05, 3.63) is 65.7 Å². The van der Waals surface area contributed by atoms with Crippen LogP contribution in [-0.4, -0.2) is 76.4 Å². The van der Waals surface area contributed by atoms with Crippen LogP contribution < -0.4 is 10.6 Å². The van der Waals surface area contributed by atoms with Crippen molar-refractivity contribution in [1.82, 2.24) is 10.2 Å². The molecule has 5 N–H and O–H groups in total. The van der Waals surface area contributed by atoms with E-state index in [1.54, 1.807) is 24.3 Å². The summed E-state index contributed by atoms with van der Waals surface area (Å²) in [5.41, 5.74) is 1.98. The van der Waals surface area contributed by atoms with Crippen LogP contribution in [0.1, 0.15) is 18.1 Å². The average molecular weight is 453 g/mol. The second kappa shape index (κ2) is 11.8. The molecule has 3 amide bonds. The van der Waals surface area contributed by atoms with Crippen molar-refractivity contribution in [3.63, 3.8) is 0 Å². The van der Waals surface area contributed by atoms with Gasteiger partial charge in [0.25, 0.3) is 11.8 Å². The number of nitrogens with one attached hydrogen (secondary N) is 2. The summed E-state index contributed by atoms with van der Waals surface area (Å²) in [7, 11) is 2.70. The van der Waals surface area contributed by atoms with E-state index >= 15 is 0 Å². The van der Waals surface area contributed by atoms with E-state index in [0.717, 1.165) is 16.0 Å². The molecule has 4 atom stereocenters. The fourth-order valence-corrected chi connectivity index (χ4v) is 2.71. The largest absolute Gasteiger partial charge is 0.391 e. The Kier molecular flexibility index (Phi) is 9.12. The van der Waals surface area contributed by atoms with Crippen LogP contribution in [0.4, 0.5) is 5.69 Å². The van der Waals surface area contributed by atoms with Gasteiger partial charge in [-0.15, -0.1) is 0 Å². The van der Waals surface area contributed by atoms with Gasteiger partial charge < -0.3 is 30.9 Å². The lowest BCUT2D eigenvalue weighted by Gasteiger charge is -2.24. The number of aliphatic hydroxyl groups excluding tert-OH is 3. The molecule has 0 saturated carbocycles. The Bertz CT molecular complexity index is 1030. The molecule has 0 saturated heterocycles. The standard InChI is InChI=1S/C24H27N3O6/c1-15(28)19(26-23(32)20(29)21(30)24(33)27(2)3)22(31)25-18-13-11-17(12-14-18)10-9-16-7-5-4-6-8-16/h4-8,11-15,19-21,28-30H,1-3H3,(H,25,31)(H,26,32)/t15-,19+,20+,21+/m0/s1. The fourth-order valence-electron chi connectivity index (χ4n) is 2.71. The monoisotopic (exact) mass is 453 g/mol. The summed E-state index contributed by atoms with van der Waals surface area (Å²) >= 11 is 0. The molecule has 0 unspecified atom stereocenters. The number of amides is 3. The first-order chi connectivity index (χ1) is 15.6. The number of benzene rings is 2. The van der Waals surface area contributed by atoms with Gasteiger partial charge in [0.15, 0.2) is 12.2 Å². The molecule has 2 rings (SSSR count). The predicted molar refractivity (Wildman–Crippen MR) is 122 cm³/mol. The van der Waals surface area contributed by atoms with Gasteiger partial charge in [-0.05, 0) is 43.3 Å². The molecule has 33 heavy (non-hydrogen) atoms. The van der Waals surface area contributed by atoms with Crippen LogP contribution in [-0.2, 0) is 14.4 Å². The Labute approximate surface area is 192 Å². The number of carbonyl (C=O) groups excluding carboxylic acids is 3. The molecule has 0 bridgehead atoms. The number of rotatable bonds is 7. The van der Waals surface area contributed by atoms with Crippen LogP contribution in [0, 0.1) is 11.8 Å². The van der Waals surface area contributed by atoms with Crippen molar-refractivity contribution in [2.75, 3.05) is 19.4 Å². The quantitative estimate of drug-likeness (QED) is 0.365. The Morgan fingerprint density at radius 2 is 1.36 bits per heavy atom. The van der Waals surface area contributed by atoms with Crippen LogP contribution in [0.3, 0.4) is 0 Å². The molecule has 0 heterocycles. The summed E-state index contributed by atoms with van der Waals surface area (Å²) in [6, 6.07) is 14.6. The van der Waals surface area contributed by atoms with Crippen LogP contribution in [0.15, 0.2) is 54.6 Å². The van der Waals surface area contributed by atoms with Crippen LogP contribution >= 0.6 is 0 Å². The first-order valence-corrected chi connectivity index (χ1v) is 10.1. The SMILES string of the molecule is C[C@H](O)[C@@H](NC(=O)[C@H](O)[C@@H](O)C(=O)N(C)C)C(=O)Nc1ccc(C#Cc2ccccc2)cc1. The number of carbonyl (C=O) groups is 3. The van der Waals surface area contributed by atoms with Crippen LogP contribution in [0.25, 0.3) is 0 Å². The van der Waals surface area contributed by atoms with E-state index < -0.39 is 42.1 Å². The summed E-state index contributed by atoms with van der Waals surface area (Å²) in [5, 5.41) is 34.4. The Balaban J connectivity index is 2.03. The molecule has 0 aromatic heterocycles. The van der Waals surface area contributed by atoms with Gasteiger partial charge in [-0.1, -0.05) is 30.0 Å². The van der Waals surface area contributed by atoms with Gasteiger partial charge in [-0.25, -0.2) is 0 Å². The van der Waals surface area contributed by atoms with Crippen molar-refractivity contribution >= 4 is 23.4 Å². The molecular weight excluding hydrogens is 426 g/mol. The molecular formula is C24H27N3O6. The highest BCUT2D eigenvalue weighted by molar-refractivity contribution is 5.99. The average Bonchev–Trinajstić information content (AvgIpc) is 2.80. The van der Waals surface area contributed by atoms with Gasteiger partial charge in [0, 0.05) is 30.9 Å². The number of nitrogens with zero attached hydrogens (tertiary/aromatic N) is 1. The normalized spacial score (nSPS) is 14.0. The predicted octanol–water partition coefficient (Wildman–Crippen LogP) is -0.299. The van der Waals surface area contributed by atoms with E-state index in [-0.39, 0.29) is 0 Å². The first kappa shape index (κ1) is 25.5. The van der Waals surface area contributed by atoms with E-state index in [9.17, 15) is 29.7 Å². The summed E-state index contributed by atoms with van der Waals surface area (Å²) in [6.07, 6.45) is -5.45. The van der Waals surface area contributed by atoms with Crippen molar-refractivity contribution in [2.45, 2.75) is 31.3 Å². The van der Waals surface area contributed by atoms with Gasteiger partial charge in [-0.2, -0.15) is 0 Å². The summed E-state index contributed by atoms with van der Waals surface area (Å²) in [5.74, 6) is 3.22. The van der Waals surface area contributed by atoms with Gasteiger partial charge in [0.05, 0.1) is 6.10 Å². The third-order valence-electron chi connectivity index (χ3n) is 4.60. The van der Waals surface area contributed by atoms with Crippen LogP contribution in [0.5, 0.6) is 0 Å². The zero-order valence-electron chi connectivity index (χ0n) is 18.5. The topological polar surface area (TPSA) is 139 Å². The minimum absolute atomic E-state index is 0.397. The molecule has 2 aromatic carbocycles. The summed E-state index contributed by atoms with van der Waals surface area (Å²) in [6.45, 7) is 1.28. The second-order valence-electron chi connectivity index (χ2n) is 7.53. The molecule has 0 radical (unpaired) electrons. The maximum atomic E-state index is 12.6. The highest BCUT2D eigenvalue weighted by Gasteiger charge is 2.34. The van der Waals surface area contributed by atoms with Gasteiger partial charge in [0.2, 0.25) is 5.91 Å². The molecule has 0 aliphatic carbocycles. The summed E-state index contributed by atoms with van der Waals surface area (Å²) < 4.78 is 0. The van der Waals surface area contributed by atoms with Crippen molar-refractivity contribution < 1.29 is 29.7 Å². The second-order valence-corrected chi connectivity index (χ2v) is 7.53. The van der Waals surface area contributed by atoms with Crippen LogP contribution in [0.2, 0.25) is 0 Å². The zero-order chi connectivity index (χ0) is 24.5. The Morgan fingerprint density at radius 3 is 1.88 bits per heavy atom. The van der Waals surface area contributed by atoms with E-state index in [1.165, 1.54) is 21.0 Å². The maximum absolute atomic E-state index is 12.6. The van der Waals surface area contributed by atoms with Crippen molar-refractivity contribution in [3.8, 4) is 11.8 Å². The molecule has 9 heteroatoms. The molecule has 9 nitrogen and oxygen atoms in total. The van der Waals surface area contributed by atoms with Crippen molar-refractivity contribution in [1.29, 1.82) is 0 Å². The lowest BCUT2D eigenvalue weighted by molar-refractivity contribution is -0.152. The molecule has 174 valence electrons. The van der Waals surface area contributed by atoms with E-state index in [0.29, 0.717) is 5.69 Å². The van der Waals surface area contributed by atoms with E-state index in [1.807, 2.05) is 30.3 Å². The van der Waals surface area contributed by atoms with Gasteiger partial charge in [-0.3, -0.25) is 14.4 Å². The summed E-state index contributed by atoms with van der Waals surface area (Å²) in [4.78, 5) is 37.5. The molecule has 0 spiro atoms. The number of likely N-dealkylation sites (N-methyl/N-ethyl adjacent to an activating group) is 1. The van der Waals surface area contributed by atoms with Gasteiger partial charge in [0.1, 0.15) is 6.04 Å². The van der Waals surface area contributed by atoms with Gasteiger partial charge >= 0.3 is 0 Å². The highest BCUT2D eigenvalue weighted by Crippen LogP contribution is 2.11. The fraction of sp³-hybridized carbons (Fsp3) is 0.292. The van der Waals surface area contributed by atoms with E-state index in [4.69, 9.17) is 0 Å². The third-order valence-corrected chi connectivity index (χ3v) is 4.60. The lowest BCUT2D eigenvalue weighted by atomic mass is 10.1. The first-order valence-electron chi connectivity index (χ1n) is 10.1. The minimum Gasteiger partial charge on any atom is -0.391 e. The van der Waals surface area contributed by atoms with E-state index in [2.05, 4.69) is 22.5 Å². The van der Waals surface area contributed by atoms with Crippen molar-refractivity contribution in [2.24, 2.45) is 0 Å². The highest BCUT2D eigenvalue weighted by atomic mass is 16.3. The molecule has 2 aromatic rings. The zero-order valence-corrected chi connectivity index (χ0v) is 18.5. The minimum atomic E-state index is -2.11. The maximum Gasteiger partial charge on any atom is 0.254 e. The Morgan fingerprint density at radius 1 is 0.818 bits per heavy atom. The Hall–Kier alpha value is -3.71.